The first-order valence-electron chi connectivity index (χ1n) is 6.23. The Morgan fingerprint density at radius 3 is 2.70 bits per heavy atom. The molecule has 1 aliphatic rings. The van der Waals surface area contributed by atoms with Crippen molar-refractivity contribution in [1.82, 2.24) is 4.57 Å². The summed E-state index contributed by atoms with van der Waals surface area (Å²) in [5.74, 6) is -0.209. The van der Waals surface area contributed by atoms with Crippen LogP contribution in [0.3, 0.4) is 0 Å². The van der Waals surface area contributed by atoms with E-state index in [9.17, 15) is 13.2 Å². The molecular formula is C13H15N3O3S. The number of fused-ring (bicyclic) bond motifs is 1. The molecule has 1 aliphatic heterocycles. The second kappa shape index (κ2) is 4.32. The third-order valence-corrected chi connectivity index (χ3v) is 4.98. The topological polar surface area (TPSA) is 85.4 Å². The number of primary sulfonamides is 1. The molecule has 1 unspecified atom stereocenters. The van der Waals surface area contributed by atoms with Crippen LogP contribution in [0.1, 0.15) is 6.42 Å². The fourth-order valence-electron chi connectivity index (χ4n) is 2.58. The van der Waals surface area contributed by atoms with Crippen molar-refractivity contribution in [3.8, 4) is 0 Å². The van der Waals surface area contributed by atoms with E-state index in [1.165, 1.54) is 4.90 Å². The van der Waals surface area contributed by atoms with E-state index >= 15 is 0 Å². The molecule has 1 atom stereocenters. The van der Waals surface area contributed by atoms with Crippen molar-refractivity contribution in [3.63, 3.8) is 0 Å². The predicted octanol–water partition coefficient (Wildman–Crippen LogP) is 0.572. The Hall–Kier alpha value is -1.86. The van der Waals surface area contributed by atoms with Crippen LogP contribution in [0.2, 0.25) is 0 Å². The summed E-state index contributed by atoms with van der Waals surface area (Å²) in [4.78, 5) is 13.5. The first-order chi connectivity index (χ1) is 9.36. The predicted molar refractivity (Wildman–Crippen MR) is 76.8 cm³/mol. The number of nitrogens with two attached hydrogens (primary N) is 1. The Labute approximate surface area is 116 Å². The number of amides is 1. The summed E-state index contributed by atoms with van der Waals surface area (Å²) in [6, 6.07) is 7.59. The van der Waals surface area contributed by atoms with Crippen LogP contribution in [0.5, 0.6) is 0 Å². The van der Waals surface area contributed by atoms with Crippen molar-refractivity contribution in [2.45, 2.75) is 11.7 Å². The van der Waals surface area contributed by atoms with Gasteiger partial charge < -0.3 is 9.47 Å². The molecule has 1 saturated heterocycles. The lowest BCUT2D eigenvalue weighted by molar-refractivity contribution is -0.117. The number of rotatable bonds is 2. The van der Waals surface area contributed by atoms with Crippen LogP contribution < -0.4 is 10.0 Å². The third kappa shape index (κ3) is 2.08. The van der Waals surface area contributed by atoms with Gasteiger partial charge in [0.05, 0.1) is 0 Å². The maximum absolute atomic E-state index is 12.0. The number of carbonyl (C=O) groups excluding carboxylic acids is 1. The smallest absolute Gasteiger partial charge is 0.228 e. The number of sulfonamides is 1. The average Bonchev–Trinajstić information content (AvgIpc) is 2.93. The average molecular weight is 293 g/mol. The van der Waals surface area contributed by atoms with Gasteiger partial charge in [0.15, 0.2) is 0 Å². The van der Waals surface area contributed by atoms with Crippen molar-refractivity contribution in [2.24, 2.45) is 12.2 Å². The van der Waals surface area contributed by atoms with Crippen molar-refractivity contribution >= 4 is 32.5 Å². The van der Waals surface area contributed by atoms with Gasteiger partial charge in [-0.3, -0.25) is 4.79 Å². The van der Waals surface area contributed by atoms with E-state index < -0.39 is 15.3 Å². The Bertz CT molecular complexity index is 794. The second-order valence-electron chi connectivity index (χ2n) is 5.09. The van der Waals surface area contributed by atoms with Crippen LogP contribution in [0.15, 0.2) is 30.5 Å². The summed E-state index contributed by atoms with van der Waals surface area (Å²) in [6.45, 7) is 0.121. The van der Waals surface area contributed by atoms with E-state index in [0.29, 0.717) is 5.69 Å². The second-order valence-corrected chi connectivity index (χ2v) is 6.93. The Kier molecular flexibility index (Phi) is 2.84. The number of hydrogen-bond donors (Lipinski definition) is 1. The fraction of sp³-hybridized carbons (Fsp3) is 0.308. The third-order valence-electron chi connectivity index (χ3n) is 3.73. The highest BCUT2D eigenvalue weighted by atomic mass is 32.2. The summed E-state index contributed by atoms with van der Waals surface area (Å²) in [5, 5.41) is 5.32. The molecule has 1 aromatic carbocycles. The summed E-state index contributed by atoms with van der Waals surface area (Å²) in [7, 11) is -1.74. The SMILES string of the molecule is Cn1ccc2cc(N3CC(S(N)(=O)=O)CC3=O)ccc21. The summed E-state index contributed by atoms with van der Waals surface area (Å²) >= 11 is 0. The van der Waals surface area contributed by atoms with Gasteiger partial charge in [0, 0.05) is 42.8 Å². The van der Waals surface area contributed by atoms with Crippen LogP contribution in [-0.4, -0.2) is 30.7 Å². The Balaban J connectivity index is 1.97. The number of anilines is 1. The lowest BCUT2D eigenvalue weighted by Crippen LogP contribution is -2.32. The molecule has 0 saturated carbocycles. The van der Waals surface area contributed by atoms with Crippen LogP contribution in [0.4, 0.5) is 5.69 Å². The van der Waals surface area contributed by atoms with Gasteiger partial charge in [-0.2, -0.15) is 0 Å². The zero-order chi connectivity index (χ0) is 14.5. The Morgan fingerprint density at radius 1 is 1.30 bits per heavy atom. The van der Waals surface area contributed by atoms with Gasteiger partial charge in [0.25, 0.3) is 0 Å². The molecule has 2 heterocycles. The number of hydrogen-bond acceptors (Lipinski definition) is 3. The van der Waals surface area contributed by atoms with Crippen LogP contribution in [-0.2, 0) is 21.9 Å². The molecule has 0 aliphatic carbocycles. The lowest BCUT2D eigenvalue weighted by atomic mass is 10.2. The zero-order valence-electron chi connectivity index (χ0n) is 11.0. The van der Waals surface area contributed by atoms with Crippen molar-refractivity contribution in [1.29, 1.82) is 0 Å². The largest absolute Gasteiger partial charge is 0.351 e. The molecule has 6 nitrogen and oxygen atoms in total. The van der Waals surface area contributed by atoms with Crippen LogP contribution in [0, 0.1) is 0 Å². The van der Waals surface area contributed by atoms with Gasteiger partial charge in [-0.05, 0) is 24.3 Å². The zero-order valence-corrected chi connectivity index (χ0v) is 11.8. The molecule has 2 N–H and O–H groups in total. The molecule has 1 amide bonds. The Morgan fingerprint density at radius 2 is 2.05 bits per heavy atom. The normalized spacial score (nSPS) is 20.0. The molecule has 0 bridgehead atoms. The van der Waals surface area contributed by atoms with E-state index in [1.807, 2.05) is 42.1 Å². The number of aromatic nitrogens is 1. The minimum atomic E-state index is -3.68. The molecule has 7 heteroatoms. The molecule has 20 heavy (non-hydrogen) atoms. The van der Waals surface area contributed by atoms with Gasteiger partial charge in [0.1, 0.15) is 5.25 Å². The van der Waals surface area contributed by atoms with Crippen molar-refractivity contribution in [2.75, 3.05) is 11.4 Å². The first-order valence-corrected chi connectivity index (χ1v) is 7.84. The maximum atomic E-state index is 12.0. The minimum Gasteiger partial charge on any atom is -0.351 e. The van der Waals surface area contributed by atoms with Crippen molar-refractivity contribution in [3.05, 3.63) is 30.5 Å². The molecule has 1 fully saturated rings. The molecule has 106 valence electrons. The van der Waals surface area contributed by atoms with E-state index in [1.54, 1.807) is 0 Å². The van der Waals surface area contributed by atoms with Gasteiger partial charge in [-0.25, -0.2) is 13.6 Å². The summed E-state index contributed by atoms with van der Waals surface area (Å²) < 4.78 is 24.7. The molecular weight excluding hydrogens is 278 g/mol. The van der Waals surface area contributed by atoms with E-state index in [-0.39, 0.29) is 18.9 Å². The molecule has 1 aromatic heterocycles. The minimum absolute atomic E-state index is 0.0499. The molecule has 3 rings (SSSR count). The van der Waals surface area contributed by atoms with Crippen molar-refractivity contribution < 1.29 is 13.2 Å². The molecule has 0 spiro atoms. The number of aryl methyl sites for hydroxylation is 1. The van der Waals surface area contributed by atoms with Gasteiger partial charge in [-0.1, -0.05) is 0 Å². The van der Waals surface area contributed by atoms with Crippen LogP contribution >= 0.6 is 0 Å². The standard InChI is InChI=1S/C13H15N3O3S/c1-15-5-4-9-6-10(2-3-12(9)15)16-8-11(7-13(16)17)20(14,18)19/h2-6,11H,7-8H2,1H3,(H2,14,18,19). The van der Waals surface area contributed by atoms with E-state index in [0.717, 1.165) is 10.9 Å². The fourth-order valence-corrected chi connectivity index (χ4v) is 3.31. The van der Waals surface area contributed by atoms with Gasteiger partial charge in [0.2, 0.25) is 15.9 Å². The van der Waals surface area contributed by atoms with Gasteiger partial charge >= 0.3 is 0 Å². The highest BCUT2D eigenvalue weighted by Gasteiger charge is 2.37. The quantitative estimate of drug-likeness (QED) is 0.878. The number of nitrogens with zero attached hydrogens (tertiary/aromatic N) is 2. The van der Waals surface area contributed by atoms with E-state index in [2.05, 4.69) is 0 Å². The lowest BCUT2D eigenvalue weighted by Gasteiger charge is -2.16. The summed E-state index contributed by atoms with van der Waals surface area (Å²) in [6.07, 6.45) is 1.89. The highest BCUT2D eigenvalue weighted by molar-refractivity contribution is 7.89. The van der Waals surface area contributed by atoms with Gasteiger partial charge in [-0.15, -0.1) is 0 Å². The maximum Gasteiger partial charge on any atom is 0.228 e. The van der Waals surface area contributed by atoms with E-state index in [4.69, 9.17) is 5.14 Å². The monoisotopic (exact) mass is 293 g/mol. The number of benzene rings is 1. The highest BCUT2D eigenvalue weighted by Crippen LogP contribution is 2.27. The summed E-state index contributed by atoms with van der Waals surface area (Å²) in [5.41, 5.74) is 1.77. The van der Waals surface area contributed by atoms with Crippen LogP contribution in [0.25, 0.3) is 10.9 Å². The number of carbonyl (C=O) groups is 1. The molecule has 0 radical (unpaired) electrons. The molecule has 2 aromatic rings. The first kappa shape index (κ1) is 13.1.